The fourth-order valence-corrected chi connectivity index (χ4v) is 2.33. The van der Waals surface area contributed by atoms with Crippen LogP contribution in [0.5, 0.6) is 0 Å². The van der Waals surface area contributed by atoms with Crippen molar-refractivity contribution in [1.29, 1.82) is 0 Å². The zero-order chi connectivity index (χ0) is 16.5. The van der Waals surface area contributed by atoms with Crippen LogP contribution < -0.4 is 5.32 Å². The van der Waals surface area contributed by atoms with Gasteiger partial charge in [0.15, 0.2) is 0 Å². The van der Waals surface area contributed by atoms with Crippen LogP contribution in [0, 0.1) is 0 Å². The Balaban J connectivity index is 1.89. The monoisotopic (exact) mass is 308 g/mol. The average molecular weight is 308 g/mol. The molecular weight excluding hydrogens is 284 g/mol. The molecule has 23 heavy (non-hydrogen) atoms. The van der Waals surface area contributed by atoms with Gasteiger partial charge in [-0.2, -0.15) is 0 Å². The van der Waals surface area contributed by atoms with E-state index in [1.54, 1.807) is 18.3 Å². The Morgan fingerprint density at radius 2 is 1.65 bits per heavy atom. The van der Waals surface area contributed by atoms with Crippen LogP contribution in [0.25, 0.3) is 6.08 Å². The predicted octanol–water partition coefficient (Wildman–Crippen LogP) is 3.93. The minimum atomic E-state index is -0.0972. The molecule has 0 radical (unpaired) electrons. The Morgan fingerprint density at radius 1 is 1.00 bits per heavy atom. The van der Waals surface area contributed by atoms with E-state index in [9.17, 15) is 4.79 Å². The number of carbonyl (C=O) groups excluding carboxylic acids is 1. The third-order valence-electron chi connectivity index (χ3n) is 3.81. The summed E-state index contributed by atoms with van der Waals surface area (Å²) in [6, 6.07) is 17.6. The van der Waals surface area contributed by atoms with Crippen LogP contribution in [0.4, 0.5) is 0 Å². The molecule has 2 aromatic rings. The lowest BCUT2D eigenvalue weighted by Crippen LogP contribution is -2.21. The standard InChI is InChI=1S/C20H24N2O/c1-3-22(4-2)16-18-12-10-17(11-13-18)14-15-21-20(23)19-8-6-5-7-9-19/h5-15H,3-4,16H2,1-2H3,(H,21,23)/b15-14+. The van der Waals surface area contributed by atoms with E-state index in [4.69, 9.17) is 0 Å². The highest BCUT2D eigenvalue weighted by atomic mass is 16.1. The van der Waals surface area contributed by atoms with Crippen molar-refractivity contribution in [1.82, 2.24) is 10.2 Å². The molecule has 2 rings (SSSR count). The molecule has 0 saturated carbocycles. The average Bonchev–Trinajstić information content (AvgIpc) is 2.61. The molecule has 0 aliphatic carbocycles. The number of nitrogens with one attached hydrogen (secondary N) is 1. The van der Waals surface area contributed by atoms with Crippen LogP contribution in [0.15, 0.2) is 60.8 Å². The largest absolute Gasteiger partial charge is 0.329 e. The minimum absolute atomic E-state index is 0.0972. The van der Waals surface area contributed by atoms with Crippen molar-refractivity contribution in [2.45, 2.75) is 20.4 Å². The van der Waals surface area contributed by atoms with Gasteiger partial charge in [-0.15, -0.1) is 0 Å². The second kappa shape index (κ2) is 8.91. The lowest BCUT2D eigenvalue weighted by Gasteiger charge is -2.17. The molecule has 0 bridgehead atoms. The zero-order valence-corrected chi connectivity index (χ0v) is 13.8. The Hall–Kier alpha value is -2.39. The van der Waals surface area contributed by atoms with Crippen LogP contribution in [0.3, 0.4) is 0 Å². The van der Waals surface area contributed by atoms with Crippen molar-refractivity contribution in [3.8, 4) is 0 Å². The van der Waals surface area contributed by atoms with Crippen molar-refractivity contribution in [2.75, 3.05) is 13.1 Å². The molecule has 0 heterocycles. The summed E-state index contributed by atoms with van der Waals surface area (Å²) < 4.78 is 0. The van der Waals surface area contributed by atoms with Crippen molar-refractivity contribution in [3.05, 3.63) is 77.5 Å². The smallest absolute Gasteiger partial charge is 0.255 e. The first kappa shape index (κ1) is 17.0. The summed E-state index contributed by atoms with van der Waals surface area (Å²) >= 11 is 0. The van der Waals surface area contributed by atoms with Gasteiger partial charge in [-0.05, 0) is 42.4 Å². The van der Waals surface area contributed by atoms with Crippen LogP contribution in [-0.4, -0.2) is 23.9 Å². The van der Waals surface area contributed by atoms with E-state index in [1.165, 1.54) is 5.56 Å². The molecule has 0 aliphatic heterocycles. The summed E-state index contributed by atoms with van der Waals surface area (Å²) in [6.45, 7) is 7.45. The molecule has 0 saturated heterocycles. The number of benzene rings is 2. The maximum Gasteiger partial charge on any atom is 0.255 e. The van der Waals surface area contributed by atoms with E-state index in [1.807, 2.05) is 24.3 Å². The van der Waals surface area contributed by atoms with Crippen molar-refractivity contribution < 1.29 is 4.79 Å². The van der Waals surface area contributed by atoms with Gasteiger partial charge >= 0.3 is 0 Å². The summed E-state index contributed by atoms with van der Waals surface area (Å²) in [5.41, 5.74) is 3.03. The first-order valence-electron chi connectivity index (χ1n) is 8.06. The van der Waals surface area contributed by atoms with Crippen LogP contribution >= 0.6 is 0 Å². The fraction of sp³-hybridized carbons (Fsp3) is 0.250. The molecule has 0 spiro atoms. The van der Waals surface area contributed by atoms with Crippen molar-refractivity contribution in [2.24, 2.45) is 0 Å². The third-order valence-corrected chi connectivity index (χ3v) is 3.81. The highest BCUT2D eigenvalue weighted by molar-refractivity contribution is 5.95. The van der Waals surface area contributed by atoms with Crippen LogP contribution in [-0.2, 0) is 6.54 Å². The van der Waals surface area contributed by atoms with Gasteiger partial charge in [0.25, 0.3) is 5.91 Å². The summed E-state index contributed by atoms with van der Waals surface area (Å²) in [7, 11) is 0. The quantitative estimate of drug-likeness (QED) is 0.840. The van der Waals surface area contributed by atoms with Gasteiger partial charge in [0, 0.05) is 18.3 Å². The number of hydrogen-bond donors (Lipinski definition) is 1. The van der Waals surface area contributed by atoms with Crippen molar-refractivity contribution >= 4 is 12.0 Å². The van der Waals surface area contributed by atoms with E-state index in [0.29, 0.717) is 5.56 Å². The number of amides is 1. The van der Waals surface area contributed by atoms with E-state index in [-0.39, 0.29) is 5.91 Å². The number of nitrogens with zero attached hydrogens (tertiary/aromatic N) is 1. The molecule has 120 valence electrons. The van der Waals surface area contributed by atoms with Gasteiger partial charge in [0.1, 0.15) is 0 Å². The molecule has 0 fully saturated rings. The van der Waals surface area contributed by atoms with Gasteiger partial charge in [-0.25, -0.2) is 0 Å². The first-order chi connectivity index (χ1) is 11.2. The number of rotatable bonds is 7. The van der Waals surface area contributed by atoms with Gasteiger partial charge in [-0.1, -0.05) is 56.3 Å². The van der Waals surface area contributed by atoms with Crippen LogP contribution in [0.2, 0.25) is 0 Å². The summed E-state index contributed by atoms with van der Waals surface area (Å²) in [5.74, 6) is -0.0972. The van der Waals surface area contributed by atoms with Gasteiger partial charge in [0.05, 0.1) is 0 Å². The maximum absolute atomic E-state index is 11.9. The van der Waals surface area contributed by atoms with E-state index in [0.717, 1.165) is 25.2 Å². The zero-order valence-electron chi connectivity index (χ0n) is 13.8. The Labute approximate surface area is 138 Å². The Kier molecular flexibility index (Phi) is 6.57. The second-order valence-corrected chi connectivity index (χ2v) is 5.38. The molecule has 3 heteroatoms. The van der Waals surface area contributed by atoms with Gasteiger partial charge in [-0.3, -0.25) is 9.69 Å². The molecular formula is C20H24N2O. The summed E-state index contributed by atoms with van der Waals surface area (Å²) in [4.78, 5) is 14.3. The van der Waals surface area contributed by atoms with Gasteiger partial charge in [0.2, 0.25) is 0 Å². The third kappa shape index (κ3) is 5.38. The highest BCUT2D eigenvalue weighted by Gasteiger charge is 2.01. The minimum Gasteiger partial charge on any atom is -0.329 e. The lowest BCUT2D eigenvalue weighted by molar-refractivity contribution is 0.0970. The fourth-order valence-electron chi connectivity index (χ4n) is 2.33. The lowest BCUT2D eigenvalue weighted by atomic mass is 10.1. The second-order valence-electron chi connectivity index (χ2n) is 5.38. The molecule has 2 aromatic carbocycles. The highest BCUT2D eigenvalue weighted by Crippen LogP contribution is 2.09. The molecule has 0 unspecified atom stereocenters. The molecule has 0 aliphatic rings. The summed E-state index contributed by atoms with van der Waals surface area (Å²) in [6.07, 6.45) is 3.59. The van der Waals surface area contributed by atoms with Crippen molar-refractivity contribution in [3.63, 3.8) is 0 Å². The molecule has 0 atom stereocenters. The van der Waals surface area contributed by atoms with Crippen LogP contribution in [0.1, 0.15) is 35.3 Å². The Bertz CT molecular complexity index is 628. The summed E-state index contributed by atoms with van der Waals surface area (Å²) in [5, 5.41) is 2.78. The predicted molar refractivity (Wildman–Crippen MR) is 96.0 cm³/mol. The molecule has 3 nitrogen and oxygen atoms in total. The Morgan fingerprint density at radius 3 is 2.26 bits per heavy atom. The molecule has 0 aromatic heterocycles. The molecule has 1 N–H and O–H groups in total. The topological polar surface area (TPSA) is 32.3 Å². The maximum atomic E-state index is 11.9. The number of carbonyl (C=O) groups is 1. The number of hydrogen-bond acceptors (Lipinski definition) is 2. The normalized spacial score (nSPS) is 11.1. The molecule has 1 amide bonds. The van der Waals surface area contributed by atoms with E-state index < -0.39 is 0 Å². The van der Waals surface area contributed by atoms with Gasteiger partial charge < -0.3 is 5.32 Å². The van der Waals surface area contributed by atoms with E-state index in [2.05, 4.69) is 48.3 Å². The van der Waals surface area contributed by atoms with E-state index >= 15 is 0 Å². The first-order valence-corrected chi connectivity index (χ1v) is 8.06. The SMILES string of the molecule is CCN(CC)Cc1ccc(/C=C/NC(=O)c2ccccc2)cc1.